The molecule has 1 aliphatic rings. The van der Waals surface area contributed by atoms with E-state index in [2.05, 4.69) is 120 Å². The lowest BCUT2D eigenvalue weighted by Gasteiger charge is -2.20. The van der Waals surface area contributed by atoms with E-state index >= 15 is 0 Å². The van der Waals surface area contributed by atoms with Crippen molar-refractivity contribution in [2.75, 3.05) is 0 Å². The molecule has 0 radical (unpaired) electrons. The Morgan fingerprint density at radius 2 is 1.85 bits per heavy atom. The normalized spacial score (nSPS) is 18.6. The Balaban J connectivity index is 1.71. The molecule has 174 valence electrons. The predicted molar refractivity (Wildman–Crippen MR) is 152 cm³/mol. The summed E-state index contributed by atoms with van der Waals surface area (Å²) in [5.41, 5.74) is 8.49. The van der Waals surface area contributed by atoms with Gasteiger partial charge >= 0.3 is 0 Å². The Kier molecular flexibility index (Phi) is 7.68. The lowest BCUT2D eigenvalue weighted by Crippen LogP contribution is -2.03. The van der Waals surface area contributed by atoms with Crippen LogP contribution in [0.5, 0.6) is 0 Å². The van der Waals surface area contributed by atoms with E-state index in [0.717, 1.165) is 18.8 Å². The third-order valence-electron chi connectivity index (χ3n) is 7.24. The highest BCUT2D eigenvalue weighted by Gasteiger charge is 2.13. The molecule has 0 saturated carbocycles. The molecule has 0 heterocycles. The van der Waals surface area contributed by atoms with Gasteiger partial charge in [-0.25, -0.2) is 0 Å². The minimum atomic E-state index is 0.736. The molecule has 0 amide bonds. The fourth-order valence-corrected chi connectivity index (χ4v) is 5.24. The molecule has 3 aromatic carbocycles. The molecule has 3 aromatic rings. The van der Waals surface area contributed by atoms with E-state index in [1.165, 1.54) is 67.8 Å². The molecule has 0 N–H and O–H groups in total. The first kappa shape index (κ1) is 24.0. The zero-order valence-electron chi connectivity index (χ0n) is 21.5. The van der Waals surface area contributed by atoms with Crippen molar-refractivity contribution in [3.8, 4) is 0 Å². The molecular formula is C34H38. The van der Waals surface area contributed by atoms with Crippen molar-refractivity contribution in [2.24, 2.45) is 5.92 Å². The smallest absolute Gasteiger partial charge is 0.00992 e. The van der Waals surface area contributed by atoms with Gasteiger partial charge in [0.15, 0.2) is 0 Å². The zero-order valence-corrected chi connectivity index (χ0v) is 21.5. The highest BCUT2D eigenvalue weighted by Crippen LogP contribution is 2.33. The predicted octanol–water partition coefficient (Wildman–Crippen LogP) is 10.1. The maximum Gasteiger partial charge on any atom is -0.00992 e. The second kappa shape index (κ2) is 10.9. The molecule has 1 atom stereocenters. The fraction of sp³-hybridized carbons (Fsp3) is 0.294. The topological polar surface area (TPSA) is 0 Å². The van der Waals surface area contributed by atoms with Crippen LogP contribution in [0.3, 0.4) is 0 Å². The van der Waals surface area contributed by atoms with Crippen molar-refractivity contribution in [2.45, 2.75) is 60.3 Å². The number of benzene rings is 3. The van der Waals surface area contributed by atoms with Gasteiger partial charge in [0, 0.05) is 0 Å². The summed E-state index contributed by atoms with van der Waals surface area (Å²) >= 11 is 0. The molecule has 0 spiro atoms. The number of allylic oxidation sites excluding steroid dienone is 9. The van der Waals surface area contributed by atoms with Crippen molar-refractivity contribution in [1.82, 2.24) is 0 Å². The number of rotatable bonds is 6. The molecular weight excluding hydrogens is 408 g/mol. The summed E-state index contributed by atoms with van der Waals surface area (Å²) in [6, 6.07) is 16.1. The second-order valence-corrected chi connectivity index (χ2v) is 9.82. The number of aryl methyl sites for hydroxylation is 2. The van der Waals surface area contributed by atoms with E-state index in [1.54, 1.807) is 0 Å². The monoisotopic (exact) mass is 446 g/mol. The lowest BCUT2D eigenvalue weighted by molar-refractivity contribution is 0.575. The molecule has 4 rings (SSSR count). The van der Waals surface area contributed by atoms with E-state index in [9.17, 15) is 0 Å². The first-order valence-electron chi connectivity index (χ1n) is 12.8. The van der Waals surface area contributed by atoms with Gasteiger partial charge in [-0.2, -0.15) is 0 Å². The summed E-state index contributed by atoms with van der Waals surface area (Å²) in [7, 11) is 0. The third kappa shape index (κ3) is 5.17. The SMILES string of the molecule is C\C=C/C=C(CCc1cccc2c1ccc1cc(C)c(/C=C\C)cc12)/C(C)=C1/C=CCC(C)C1. The summed E-state index contributed by atoms with van der Waals surface area (Å²) < 4.78 is 0. The van der Waals surface area contributed by atoms with E-state index in [-0.39, 0.29) is 0 Å². The lowest BCUT2D eigenvalue weighted by atomic mass is 9.86. The zero-order chi connectivity index (χ0) is 24.1. The molecule has 0 nitrogen and oxygen atoms in total. The third-order valence-corrected chi connectivity index (χ3v) is 7.24. The van der Waals surface area contributed by atoms with Crippen LogP contribution in [0, 0.1) is 12.8 Å². The Morgan fingerprint density at radius 3 is 2.62 bits per heavy atom. The number of hydrogen-bond acceptors (Lipinski definition) is 0. The summed E-state index contributed by atoms with van der Waals surface area (Å²) in [5, 5.41) is 5.41. The summed E-state index contributed by atoms with van der Waals surface area (Å²) in [4.78, 5) is 0. The maximum absolute atomic E-state index is 2.36. The molecule has 0 fully saturated rings. The Morgan fingerprint density at radius 1 is 1.00 bits per heavy atom. The van der Waals surface area contributed by atoms with Crippen molar-refractivity contribution in [3.63, 3.8) is 0 Å². The highest BCUT2D eigenvalue weighted by atomic mass is 14.2. The Hall–Kier alpha value is -3.12. The Labute approximate surface area is 206 Å². The van der Waals surface area contributed by atoms with Gasteiger partial charge in [-0.05, 0) is 120 Å². The largest absolute Gasteiger partial charge is 0.0877 e. The average Bonchev–Trinajstić information content (AvgIpc) is 2.84. The molecule has 34 heavy (non-hydrogen) atoms. The van der Waals surface area contributed by atoms with E-state index in [1.807, 2.05) is 0 Å². The summed E-state index contributed by atoms with van der Waals surface area (Å²) in [6.45, 7) is 11.1. The van der Waals surface area contributed by atoms with Gasteiger partial charge in [-0.15, -0.1) is 0 Å². The molecule has 1 unspecified atom stereocenters. The van der Waals surface area contributed by atoms with Gasteiger partial charge in [0.05, 0.1) is 0 Å². The minimum Gasteiger partial charge on any atom is -0.0877 e. The molecule has 0 heteroatoms. The van der Waals surface area contributed by atoms with Crippen molar-refractivity contribution < 1.29 is 0 Å². The van der Waals surface area contributed by atoms with Gasteiger partial charge in [-0.3, -0.25) is 0 Å². The minimum absolute atomic E-state index is 0.736. The van der Waals surface area contributed by atoms with Gasteiger partial charge < -0.3 is 0 Å². The van der Waals surface area contributed by atoms with E-state index in [4.69, 9.17) is 0 Å². The quantitative estimate of drug-likeness (QED) is 0.261. The van der Waals surface area contributed by atoms with E-state index < -0.39 is 0 Å². The van der Waals surface area contributed by atoms with Gasteiger partial charge in [0.25, 0.3) is 0 Å². The van der Waals surface area contributed by atoms with Gasteiger partial charge in [0.1, 0.15) is 0 Å². The van der Waals surface area contributed by atoms with Crippen LogP contribution in [0.15, 0.2) is 95.6 Å². The first-order chi connectivity index (χ1) is 16.5. The van der Waals surface area contributed by atoms with Crippen LogP contribution in [-0.4, -0.2) is 0 Å². The van der Waals surface area contributed by atoms with Crippen LogP contribution in [0.4, 0.5) is 0 Å². The first-order valence-corrected chi connectivity index (χ1v) is 12.8. The van der Waals surface area contributed by atoms with Crippen molar-refractivity contribution >= 4 is 27.6 Å². The van der Waals surface area contributed by atoms with Crippen LogP contribution in [0.25, 0.3) is 27.6 Å². The van der Waals surface area contributed by atoms with Crippen LogP contribution in [0.1, 0.15) is 63.6 Å². The van der Waals surface area contributed by atoms with Crippen LogP contribution < -0.4 is 0 Å². The maximum atomic E-state index is 2.36. The highest BCUT2D eigenvalue weighted by molar-refractivity contribution is 6.09. The molecule has 0 bridgehead atoms. The molecule has 0 aromatic heterocycles. The Bertz CT molecular complexity index is 1340. The van der Waals surface area contributed by atoms with Gasteiger partial charge in [-0.1, -0.05) is 85.9 Å². The molecule has 1 aliphatic carbocycles. The van der Waals surface area contributed by atoms with Crippen molar-refractivity contribution in [3.05, 3.63) is 112 Å². The second-order valence-electron chi connectivity index (χ2n) is 9.82. The van der Waals surface area contributed by atoms with Crippen molar-refractivity contribution in [1.29, 1.82) is 0 Å². The van der Waals surface area contributed by atoms with Gasteiger partial charge in [0.2, 0.25) is 0 Å². The van der Waals surface area contributed by atoms with Crippen LogP contribution in [-0.2, 0) is 6.42 Å². The molecule has 0 saturated heterocycles. The molecule has 0 aliphatic heterocycles. The standard InChI is InChI=1S/C34H38/c1-6-8-13-27(26(5)30-15-9-12-24(3)21-30)17-18-28-14-10-16-33-32(28)20-19-31-22-25(4)29(11-7-2)23-34(31)33/h6-11,13-16,19-20,22-24H,12,17-18,21H2,1-5H3/b8-6-,11-7-,27-13+,30-26-. The van der Waals surface area contributed by atoms with E-state index in [0.29, 0.717) is 0 Å². The average molecular weight is 447 g/mol. The summed E-state index contributed by atoms with van der Waals surface area (Å²) in [6.07, 6.45) is 20.2. The number of fused-ring (bicyclic) bond motifs is 3. The van der Waals surface area contributed by atoms with Crippen LogP contribution in [0.2, 0.25) is 0 Å². The fourth-order valence-electron chi connectivity index (χ4n) is 5.24. The number of hydrogen-bond donors (Lipinski definition) is 0. The summed E-state index contributed by atoms with van der Waals surface area (Å²) in [5.74, 6) is 0.736. The van der Waals surface area contributed by atoms with Crippen LogP contribution >= 0.6 is 0 Å².